The van der Waals surface area contributed by atoms with Gasteiger partial charge in [0, 0.05) is 19.3 Å². The van der Waals surface area contributed by atoms with Crippen LogP contribution in [-0.4, -0.2) is 43.9 Å². The molecule has 0 saturated carbocycles. The van der Waals surface area contributed by atoms with Gasteiger partial charge in [-0.25, -0.2) is 0 Å². The first-order chi connectivity index (χ1) is 11.3. The Morgan fingerprint density at radius 3 is 2.08 bits per heavy atom. The lowest BCUT2D eigenvalue weighted by molar-refractivity contribution is -0.145. The highest BCUT2D eigenvalue weighted by Crippen LogP contribution is 2.05. The predicted octanol–water partition coefficient (Wildman–Crippen LogP) is 1.68. The van der Waals surface area contributed by atoms with E-state index in [1.807, 2.05) is 31.2 Å². The molecule has 0 spiro atoms. The molecule has 1 rings (SSSR count). The summed E-state index contributed by atoms with van der Waals surface area (Å²) in [7, 11) is -4.14. The summed E-state index contributed by atoms with van der Waals surface area (Å²) in [4.78, 5) is 22.8. The van der Waals surface area contributed by atoms with Crippen molar-refractivity contribution < 1.29 is 32.0 Å². The van der Waals surface area contributed by atoms with E-state index in [1.165, 1.54) is 5.56 Å². The average molecular weight is 358 g/mol. The summed E-state index contributed by atoms with van der Waals surface area (Å²) in [6.45, 7) is 1.87. The summed E-state index contributed by atoms with van der Waals surface area (Å²) in [6, 6.07) is 7.94. The topological polar surface area (TPSA) is 107 Å². The van der Waals surface area contributed by atoms with E-state index < -0.39 is 34.4 Å². The highest BCUT2D eigenvalue weighted by atomic mass is 32.2. The van der Waals surface area contributed by atoms with Gasteiger partial charge in [0.25, 0.3) is 10.1 Å². The standard InChI is InChI=1S/C16H22O7S/c1-13-5-7-14(8-6-13)9-10-22-15(17)3-2-4-16(18)23-11-12-24(19,20)21/h5-8H,2-4,9-12H2,1H3,(H,19,20,21). The molecule has 1 N–H and O–H groups in total. The summed E-state index contributed by atoms with van der Waals surface area (Å²) in [5, 5.41) is 0. The van der Waals surface area contributed by atoms with Gasteiger partial charge in [0.05, 0.1) is 6.61 Å². The van der Waals surface area contributed by atoms with Crippen LogP contribution in [0, 0.1) is 6.92 Å². The first-order valence-corrected chi connectivity index (χ1v) is 9.19. The normalized spacial score (nSPS) is 11.1. The first kappa shape index (κ1) is 20.1. The van der Waals surface area contributed by atoms with E-state index in [2.05, 4.69) is 4.74 Å². The zero-order valence-corrected chi connectivity index (χ0v) is 14.4. The van der Waals surface area contributed by atoms with Gasteiger partial charge in [-0.1, -0.05) is 29.8 Å². The summed E-state index contributed by atoms with van der Waals surface area (Å²) in [6.07, 6.45) is 0.956. The summed E-state index contributed by atoms with van der Waals surface area (Å²) in [5.74, 6) is -1.65. The minimum absolute atomic E-state index is 0.0153. The molecular weight excluding hydrogens is 336 g/mol. The Bertz CT molecular complexity index is 635. The monoisotopic (exact) mass is 358 g/mol. The number of rotatable bonds is 10. The number of esters is 2. The molecule has 134 valence electrons. The quantitative estimate of drug-likeness (QED) is 0.501. The van der Waals surface area contributed by atoms with Crippen LogP contribution < -0.4 is 0 Å². The van der Waals surface area contributed by atoms with Crippen molar-refractivity contribution in [2.45, 2.75) is 32.6 Å². The molecule has 0 amide bonds. The van der Waals surface area contributed by atoms with Gasteiger partial charge in [0.1, 0.15) is 12.4 Å². The fraction of sp³-hybridized carbons (Fsp3) is 0.500. The van der Waals surface area contributed by atoms with Crippen molar-refractivity contribution in [3.8, 4) is 0 Å². The lowest BCUT2D eigenvalue weighted by atomic mass is 10.1. The zero-order chi connectivity index (χ0) is 18.0. The Balaban J connectivity index is 2.09. The maximum absolute atomic E-state index is 11.5. The van der Waals surface area contributed by atoms with E-state index in [0.717, 1.165) is 5.56 Å². The maximum Gasteiger partial charge on any atom is 0.305 e. The maximum atomic E-state index is 11.5. The number of carbonyl (C=O) groups is 2. The summed E-state index contributed by atoms with van der Waals surface area (Å²) in [5.41, 5.74) is 2.25. The van der Waals surface area contributed by atoms with E-state index in [9.17, 15) is 18.0 Å². The van der Waals surface area contributed by atoms with Crippen LogP contribution in [0.2, 0.25) is 0 Å². The highest BCUT2D eigenvalue weighted by molar-refractivity contribution is 7.85. The molecule has 1 aromatic rings. The van der Waals surface area contributed by atoms with Gasteiger partial charge < -0.3 is 9.47 Å². The Labute approximate surface area is 141 Å². The molecule has 0 bridgehead atoms. The van der Waals surface area contributed by atoms with Crippen LogP contribution in [0.3, 0.4) is 0 Å². The van der Waals surface area contributed by atoms with Gasteiger partial charge in [-0.2, -0.15) is 8.42 Å². The number of hydrogen-bond donors (Lipinski definition) is 1. The third-order valence-corrected chi connectivity index (χ3v) is 3.82. The molecule has 24 heavy (non-hydrogen) atoms. The Morgan fingerprint density at radius 2 is 1.54 bits per heavy atom. The van der Waals surface area contributed by atoms with Crippen LogP contribution in [0.25, 0.3) is 0 Å². The Morgan fingerprint density at radius 1 is 1.00 bits per heavy atom. The molecule has 0 aliphatic rings. The smallest absolute Gasteiger partial charge is 0.305 e. The van der Waals surface area contributed by atoms with Crippen molar-refractivity contribution in [3.63, 3.8) is 0 Å². The van der Waals surface area contributed by atoms with Crippen LogP contribution in [0.5, 0.6) is 0 Å². The minimum Gasteiger partial charge on any atom is -0.465 e. The van der Waals surface area contributed by atoms with Gasteiger partial charge in [0.2, 0.25) is 0 Å². The van der Waals surface area contributed by atoms with Crippen molar-refractivity contribution in [3.05, 3.63) is 35.4 Å². The number of carbonyl (C=O) groups excluding carboxylic acids is 2. The molecule has 8 heteroatoms. The lowest BCUT2D eigenvalue weighted by Gasteiger charge is -2.06. The third-order valence-electron chi connectivity index (χ3n) is 3.14. The van der Waals surface area contributed by atoms with E-state index in [4.69, 9.17) is 9.29 Å². The third kappa shape index (κ3) is 9.96. The predicted molar refractivity (Wildman–Crippen MR) is 87.1 cm³/mol. The van der Waals surface area contributed by atoms with Crippen LogP contribution in [0.15, 0.2) is 24.3 Å². The van der Waals surface area contributed by atoms with Crippen molar-refractivity contribution >= 4 is 22.1 Å². The van der Waals surface area contributed by atoms with Crippen LogP contribution >= 0.6 is 0 Å². The highest BCUT2D eigenvalue weighted by Gasteiger charge is 2.10. The lowest BCUT2D eigenvalue weighted by Crippen LogP contribution is -2.15. The molecule has 1 aromatic carbocycles. The number of aryl methyl sites for hydroxylation is 1. The number of benzene rings is 1. The number of hydrogen-bond acceptors (Lipinski definition) is 6. The molecule has 7 nitrogen and oxygen atoms in total. The van der Waals surface area contributed by atoms with E-state index in [0.29, 0.717) is 6.42 Å². The van der Waals surface area contributed by atoms with E-state index in [-0.39, 0.29) is 25.9 Å². The van der Waals surface area contributed by atoms with Gasteiger partial charge in [0.15, 0.2) is 0 Å². The zero-order valence-electron chi connectivity index (χ0n) is 13.6. The van der Waals surface area contributed by atoms with Crippen molar-refractivity contribution in [1.82, 2.24) is 0 Å². The molecule has 0 heterocycles. The fourth-order valence-corrected chi connectivity index (χ4v) is 2.11. The molecule has 0 fully saturated rings. The second-order valence-electron chi connectivity index (χ2n) is 5.32. The minimum atomic E-state index is -4.14. The second-order valence-corrected chi connectivity index (χ2v) is 6.89. The van der Waals surface area contributed by atoms with E-state index >= 15 is 0 Å². The van der Waals surface area contributed by atoms with Gasteiger partial charge in [-0.3, -0.25) is 14.1 Å². The molecule has 0 saturated heterocycles. The molecular formula is C16H22O7S. The van der Waals surface area contributed by atoms with Crippen LogP contribution in [0.1, 0.15) is 30.4 Å². The van der Waals surface area contributed by atoms with Crippen molar-refractivity contribution in [2.24, 2.45) is 0 Å². The largest absolute Gasteiger partial charge is 0.465 e. The van der Waals surface area contributed by atoms with Crippen LogP contribution in [-0.2, 0) is 35.6 Å². The Hall–Kier alpha value is -1.93. The molecule has 0 aliphatic heterocycles. The molecule has 0 atom stereocenters. The average Bonchev–Trinajstić information content (AvgIpc) is 2.48. The van der Waals surface area contributed by atoms with Gasteiger partial charge >= 0.3 is 11.9 Å². The second kappa shape index (κ2) is 10.0. The molecule has 0 unspecified atom stereocenters. The molecule has 0 aromatic heterocycles. The fourth-order valence-electron chi connectivity index (χ4n) is 1.82. The van der Waals surface area contributed by atoms with Gasteiger partial charge in [-0.05, 0) is 18.9 Å². The summed E-state index contributed by atoms with van der Waals surface area (Å²) < 4.78 is 39.1. The molecule has 0 aliphatic carbocycles. The number of ether oxygens (including phenoxy) is 2. The van der Waals surface area contributed by atoms with Gasteiger partial charge in [-0.15, -0.1) is 0 Å². The Kier molecular flexibility index (Phi) is 8.42. The van der Waals surface area contributed by atoms with Crippen molar-refractivity contribution in [1.29, 1.82) is 0 Å². The van der Waals surface area contributed by atoms with Crippen molar-refractivity contribution in [2.75, 3.05) is 19.0 Å². The van der Waals surface area contributed by atoms with Crippen LogP contribution in [0.4, 0.5) is 0 Å². The first-order valence-electron chi connectivity index (χ1n) is 7.58. The van der Waals surface area contributed by atoms with E-state index in [1.54, 1.807) is 0 Å². The summed E-state index contributed by atoms with van der Waals surface area (Å²) >= 11 is 0. The SMILES string of the molecule is Cc1ccc(CCOC(=O)CCCC(=O)OCCS(=O)(=O)O)cc1. The molecule has 0 radical (unpaired) electrons.